The van der Waals surface area contributed by atoms with Gasteiger partial charge in [0.05, 0.1) is 0 Å². The van der Waals surface area contributed by atoms with E-state index in [1.54, 1.807) is 0 Å². The van der Waals surface area contributed by atoms with Gasteiger partial charge in [0, 0.05) is 29.0 Å². The van der Waals surface area contributed by atoms with E-state index in [9.17, 15) is 5.11 Å². The van der Waals surface area contributed by atoms with Crippen LogP contribution in [0.1, 0.15) is 22.3 Å². The highest BCUT2D eigenvalue weighted by Gasteiger charge is 2.11. The number of phenolic OH excluding ortho intramolecular Hbond substituents is 1. The molecule has 3 aromatic rings. The Morgan fingerprint density at radius 3 is 1.50 bits per heavy atom. The quantitative estimate of drug-likeness (QED) is 0.700. The molecular formula is C20H17ClO. The van der Waals surface area contributed by atoms with Crippen molar-refractivity contribution in [3.63, 3.8) is 0 Å². The van der Waals surface area contributed by atoms with Crippen LogP contribution in [0.2, 0.25) is 5.02 Å². The zero-order valence-electron chi connectivity index (χ0n) is 12.2. The van der Waals surface area contributed by atoms with E-state index in [2.05, 4.69) is 24.3 Å². The van der Waals surface area contributed by atoms with Crippen molar-refractivity contribution in [1.29, 1.82) is 0 Å². The molecule has 0 aromatic heterocycles. The highest BCUT2D eigenvalue weighted by molar-refractivity contribution is 6.30. The maximum Gasteiger partial charge on any atom is 0.122 e. The van der Waals surface area contributed by atoms with Gasteiger partial charge in [0.15, 0.2) is 0 Å². The number of benzene rings is 3. The molecule has 3 aromatic carbocycles. The Morgan fingerprint density at radius 1 is 0.682 bits per heavy atom. The van der Waals surface area contributed by atoms with Crippen molar-refractivity contribution < 1.29 is 5.11 Å². The van der Waals surface area contributed by atoms with Crippen molar-refractivity contribution in [2.24, 2.45) is 0 Å². The van der Waals surface area contributed by atoms with E-state index < -0.39 is 0 Å². The second kappa shape index (κ2) is 6.67. The summed E-state index contributed by atoms with van der Waals surface area (Å²) in [5.74, 6) is 0.345. The van der Waals surface area contributed by atoms with Crippen LogP contribution in [0.4, 0.5) is 0 Å². The van der Waals surface area contributed by atoms with E-state index in [-0.39, 0.29) is 0 Å². The van der Waals surface area contributed by atoms with Gasteiger partial charge in [-0.15, -0.1) is 0 Å². The van der Waals surface area contributed by atoms with E-state index in [0.29, 0.717) is 23.6 Å². The molecule has 0 bridgehead atoms. The molecular weight excluding hydrogens is 292 g/mol. The second-order valence-electron chi connectivity index (χ2n) is 5.40. The van der Waals surface area contributed by atoms with Gasteiger partial charge < -0.3 is 5.11 Å². The minimum absolute atomic E-state index is 0.345. The first-order valence-electron chi connectivity index (χ1n) is 7.30. The van der Waals surface area contributed by atoms with E-state index in [0.717, 1.165) is 22.3 Å². The van der Waals surface area contributed by atoms with Crippen molar-refractivity contribution in [1.82, 2.24) is 0 Å². The molecule has 0 aliphatic rings. The molecule has 2 heteroatoms. The molecule has 22 heavy (non-hydrogen) atoms. The Morgan fingerprint density at radius 2 is 1.09 bits per heavy atom. The Kier molecular flexibility index (Phi) is 4.45. The molecule has 0 heterocycles. The Hall–Kier alpha value is -2.25. The number of phenols is 1. The van der Waals surface area contributed by atoms with Gasteiger partial charge in [-0.3, -0.25) is 0 Å². The molecule has 0 aliphatic heterocycles. The Labute approximate surface area is 135 Å². The van der Waals surface area contributed by atoms with Crippen molar-refractivity contribution in [3.05, 3.63) is 100 Å². The lowest BCUT2D eigenvalue weighted by molar-refractivity contribution is 0.463. The maximum atomic E-state index is 10.6. The van der Waals surface area contributed by atoms with Gasteiger partial charge in [-0.05, 0) is 23.3 Å². The first kappa shape index (κ1) is 14.7. The summed E-state index contributed by atoms with van der Waals surface area (Å²) in [6, 6.07) is 23.9. The van der Waals surface area contributed by atoms with Crippen molar-refractivity contribution in [2.75, 3.05) is 0 Å². The summed E-state index contributed by atoms with van der Waals surface area (Å²) in [5, 5.41) is 11.2. The summed E-state index contributed by atoms with van der Waals surface area (Å²) < 4.78 is 0. The maximum absolute atomic E-state index is 10.6. The SMILES string of the molecule is Oc1c(Cc2ccccc2)cc(Cl)cc1Cc1ccccc1. The number of hydrogen-bond donors (Lipinski definition) is 1. The molecule has 110 valence electrons. The van der Waals surface area contributed by atoms with E-state index >= 15 is 0 Å². The molecule has 0 spiro atoms. The number of halogens is 1. The van der Waals surface area contributed by atoms with Gasteiger partial charge >= 0.3 is 0 Å². The summed E-state index contributed by atoms with van der Waals surface area (Å²) in [5.41, 5.74) is 4.05. The van der Waals surface area contributed by atoms with Crippen LogP contribution in [0.5, 0.6) is 5.75 Å². The average molecular weight is 309 g/mol. The average Bonchev–Trinajstić information content (AvgIpc) is 2.54. The van der Waals surface area contributed by atoms with Crippen LogP contribution in [0, 0.1) is 0 Å². The summed E-state index contributed by atoms with van der Waals surface area (Å²) in [6.45, 7) is 0. The summed E-state index contributed by atoms with van der Waals surface area (Å²) >= 11 is 6.24. The summed E-state index contributed by atoms with van der Waals surface area (Å²) in [4.78, 5) is 0. The van der Waals surface area contributed by atoms with Crippen LogP contribution in [-0.2, 0) is 12.8 Å². The monoisotopic (exact) mass is 308 g/mol. The predicted molar refractivity (Wildman–Crippen MR) is 91.6 cm³/mol. The molecule has 0 amide bonds. The van der Waals surface area contributed by atoms with Crippen molar-refractivity contribution >= 4 is 11.6 Å². The molecule has 0 saturated carbocycles. The van der Waals surface area contributed by atoms with Crippen LogP contribution in [0.3, 0.4) is 0 Å². The standard InChI is InChI=1S/C20H17ClO/c21-19-13-17(11-15-7-3-1-4-8-15)20(22)18(14-19)12-16-9-5-2-6-10-16/h1-10,13-14,22H,11-12H2. The van der Waals surface area contributed by atoms with E-state index in [4.69, 9.17) is 11.6 Å². The van der Waals surface area contributed by atoms with Crippen molar-refractivity contribution in [3.8, 4) is 5.75 Å². The highest BCUT2D eigenvalue weighted by atomic mass is 35.5. The fraction of sp³-hybridized carbons (Fsp3) is 0.100. The molecule has 0 radical (unpaired) electrons. The first-order valence-corrected chi connectivity index (χ1v) is 7.68. The molecule has 0 unspecified atom stereocenters. The Bertz CT molecular complexity index is 689. The first-order chi connectivity index (χ1) is 10.7. The molecule has 3 rings (SSSR count). The molecule has 0 fully saturated rings. The van der Waals surface area contributed by atoms with Gasteiger partial charge in [-0.25, -0.2) is 0 Å². The number of aromatic hydroxyl groups is 1. The molecule has 1 nitrogen and oxygen atoms in total. The zero-order valence-corrected chi connectivity index (χ0v) is 12.9. The normalized spacial score (nSPS) is 10.6. The fourth-order valence-electron chi connectivity index (χ4n) is 2.62. The third-order valence-corrected chi connectivity index (χ3v) is 3.93. The number of rotatable bonds is 4. The molecule has 0 saturated heterocycles. The summed E-state index contributed by atoms with van der Waals surface area (Å²) in [7, 11) is 0. The highest BCUT2D eigenvalue weighted by Crippen LogP contribution is 2.30. The third-order valence-electron chi connectivity index (χ3n) is 3.71. The lowest BCUT2D eigenvalue weighted by Crippen LogP contribution is -1.95. The van der Waals surface area contributed by atoms with Gasteiger partial charge in [-0.1, -0.05) is 72.3 Å². The topological polar surface area (TPSA) is 20.2 Å². The minimum atomic E-state index is 0.345. The van der Waals surface area contributed by atoms with Crippen LogP contribution in [0.15, 0.2) is 72.8 Å². The van der Waals surface area contributed by atoms with Gasteiger partial charge in [-0.2, -0.15) is 0 Å². The smallest absolute Gasteiger partial charge is 0.122 e. The van der Waals surface area contributed by atoms with E-state index in [1.165, 1.54) is 0 Å². The second-order valence-corrected chi connectivity index (χ2v) is 5.83. The third kappa shape index (κ3) is 3.49. The van der Waals surface area contributed by atoms with Crippen LogP contribution >= 0.6 is 11.6 Å². The predicted octanol–water partition coefficient (Wildman–Crippen LogP) is 5.23. The van der Waals surface area contributed by atoms with Crippen LogP contribution in [0.25, 0.3) is 0 Å². The van der Waals surface area contributed by atoms with Gasteiger partial charge in [0.1, 0.15) is 5.75 Å². The lowest BCUT2D eigenvalue weighted by atomic mass is 9.97. The Balaban J connectivity index is 1.92. The van der Waals surface area contributed by atoms with Crippen molar-refractivity contribution in [2.45, 2.75) is 12.8 Å². The lowest BCUT2D eigenvalue weighted by Gasteiger charge is -2.11. The van der Waals surface area contributed by atoms with Gasteiger partial charge in [0.25, 0.3) is 0 Å². The molecule has 1 N–H and O–H groups in total. The van der Waals surface area contributed by atoms with Gasteiger partial charge in [0.2, 0.25) is 0 Å². The summed E-state index contributed by atoms with van der Waals surface area (Å²) in [6.07, 6.45) is 1.35. The van der Waals surface area contributed by atoms with E-state index in [1.807, 2.05) is 48.5 Å². The zero-order chi connectivity index (χ0) is 15.4. The minimum Gasteiger partial charge on any atom is -0.507 e. The van der Waals surface area contributed by atoms with Crippen LogP contribution in [-0.4, -0.2) is 5.11 Å². The van der Waals surface area contributed by atoms with Crippen LogP contribution < -0.4 is 0 Å². The number of hydrogen-bond acceptors (Lipinski definition) is 1. The molecule has 0 aliphatic carbocycles. The fourth-order valence-corrected chi connectivity index (χ4v) is 2.88. The largest absolute Gasteiger partial charge is 0.507 e. The molecule has 0 atom stereocenters.